The van der Waals surface area contributed by atoms with Gasteiger partial charge in [-0.25, -0.2) is 0 Å². The molecule has 0 N–H and O–H groups in total. The van der Waals surface area contributed by atoms with Crippen LogP contribution in [0.2, 0.25) is 0 Å². The molecule has 108 valence electrons. The molecule has 4 heteroatoms. The van der Waals surface area contributed by atoms with Gasteiger partial charge in [0.2, 0.25) is 0 Å². The Hall–Kier alpha value is -0.960. The fourth-order valence-electron chi connectivity index (χ4n) is 1.79. The minimum atomic E-state index is -0.421. The van der Waals surface area contributed by atoms with Crippen molar-refractivity contribution in [3.63, 3.8) is 0 Å². The first kappa shape index (κ1) is 16.1. The number of hydrogen-bond acceptors (Lipinski definition) is 3. The largest absolute Gasteiger partial charge is 0.498 e. The summed E-state index contributed by atoms with van der Waals surface area (Å²) in [5, 5.41) is -0.421. The summed E-state index contributed by atoms with van der Waals surface area (Å²) in [5.74, 6) is 1.48. The maximum Gasteiger partial charge on any atom is 0.252 e. The Kier molecular flexibility index (Phi) is 7.65. The number of hydrogen-bond donors (Lipinski definition) is 0. The third-order valence-corrected chi connectivity index (χ3v) is 3.22. The van der Waals surface area contributed by atoms with E-state index in [1.165, 1.54) is 0 Å². The predicted octanol–water partition coefficient (Wildman–Crippen LogP) is 4.32. The molecule has 1 aliphatic carbocycles. The summed E-state index contributed by atoms with van der Waals surface area (Å²) in [6, 6.07) is 0. The van der Waals surface area contributed by atoms with Crippen LogP contribution in [0.3, 0.4) is 0 Å². The van der Waals surface area contributed by atoms with Crippen LogP contribution >= 0.6 is 11.6 Å². The molecular weight excluding hydrogens is 264 g/mol. The van der Waals surface area contributed by atoms with Crippen LogP contribution in [-0.2, 0) is 14.3 Å². The smallest absolute Gasteiger partial charge is 0.252 e. The monoisotopic (exact) mass is 286 g/mol. The maximum absolute atomic E-state index is 11.4. The molecule has 0 bridgehead atoms. The zero-order valence-electron chi connectivity index (χ0n) is 11.8. The van der Waals surface area contributed by atoms with Gasteiger partial charge in [-0.05, 0) is 30.9 Å². The van der Waals surface area contributed by atoms with Gasteiger partial charge in [-0.2, -0.15) is 0 Å². The highest BCUT2D eigenvalue weighted by atomic mass is 35.5. The SMILES string of the molecule is CCCCOC1=CC(OCCCC)=C(C(=O)Cl)CC1. The standard InChI is InChI=1S/C15H23ClO3/c1-3-5-9-18-12-7-8-13(15(16)17)14(11-12)19-10-6-4-2/h11H,3-10H2,1-2H3. The van der Waals surface area contributed by atoms with E-state index >= 15 is 0 Å². The van der Waals surface area contributed by atoms with Crippen LogP contribution in [0.5, 0.6) is 0 Å². The van der Waals surface area contributed by atoms with Crippen LogP contribution < -0.4 is 0 Å². The molecule has 1 rings (SSSR count). The number of carbonyl (C=O) groups excluding carboxylic acids is 1. The Morgan fingerprint density at radius 1 is 1.16 bits per heavy atom. The highest BCUT2D eigenvalue weighted by molar-refractivity contribution is 6.67. The van der Waals surface area contributed by atoms with Crippen molar-refractivity contribution < 1.29 is 14.3 Å². The molecular formula is C15H23ClO3. The number of halogens is 1. The number of unbranched alkanes of at least 4 members (excludes halogenated alkanes) is 2. The Labute approximate surface area is 120 Å². The molecule has 0 aromatic carbocycles. The van der Waals surface area contributed by atoms with E-state index in [1.54, 1.807) is 0 Å². The Morgan fingerprint density at radius 2 is 1.79 bits per heavy atom. The first-order chi connectivity index (χ1) is 9.19. The summed E-state index contributed by atoms with van der Waals surface area (Å²) in [6.45, 7) is 5.55. The number of allylic oxidation sites excluding steroid dienone is 3. The lowest BCUT2D eigenvalue weighted by molar-refractivity contribution is -0.108. The highest BCUT2D eigenvalue weighted by Crippen LogP contribution is 2.27. The van der Waals surface area contributed by atoms with Gasteiger partial charge in [-0.3, -0.25) is 4.79 Å². The summed E-state index contributed by atoms with van der Waals surface area (Å²) in [6.07, 6.45) is 7.31. The second kappa shape index (κ2) is 9.03. The van der Waals surface area contributed by atoms with Crippen molar-refractivity contribution in [1.29, 1.82) is 0 Å². The van der Waals surface area contributed by atoms with Crippen LogP contribution in [0.1, 0.15) is 52.4 Å². The molecule has 1 aliphatic rings. The van der Waals surface area contributed by atoms with Crippen molar-refractivity contribution in [2.45, 2.75) is 52.4 Å². The van der Waals surface area contributed by atoms with Gasteiger partial charge in [-0.1, -0.05) is 26.7 Å². The molecule has 19 heavy (non-hydrogen) atoms. The lowest BCUT2D eigenvalue weighted by Crippen LogP contribution is -2.10. The van der Waals surface area contributed by atoms with Gasteiger partial charge in [0, 0.05) is 12.5 Å². The molecule has 0 radical (unpaired) electrons. The average molecular weight is 287 g/mol. The van der Waals surface area contributed by atoms with E-state index in [4.69, 9.17) is 21.1 Å². The molecule has 0 aromatic rings. The molecule has 0 aliphatic heterocycles. The second-order valence-electron chi connectivity index (χ2n) is 4.63. The van der Waals surface area contributed by atoms with Crippen LogP contribution in [0.25, 0.3) is 0 Å². The minimum absolute atomic E-state index is 0.421. The van der Waals surface area contributed by atoms with Crippen molar-refractivity contribution in [3.8, 4) is 0 Å². The first-order valence-electron chi connectivity index (χ1n) is 7.08. The topological polar surface area (TPSA) is 35.5 Å². The fourth-order valence-corrected chi connectivity index (χ4v) is 1.98. The van der Waals surface area contributed by atoms with E-state index < -0.39 is 5.24 Å². The zero-order valence-corrected chi connectivity index (χ0v) is 12.6. The van der Waals surface area contributed by atoms with Crippen LogP contribution in [0, 0.1) is 0 Å². The predicted molar refractivity (Wildman–Crippen MR) is 76.9 cm³/mol. The van der Waals surface area contributed by atoms with Gasteiger partial charge in [0.15, 0.2) is 0 Å². The van der Waals surface area contributed by atoms with E-state index in [1.807, 2.05) is 6.08 Å². The van der Waals surface area contributed by atoms with Gasteiger partial charge < -0.3 is 9.47 Å². The molecule has 0 aromatic heterocycles. The quantitative estimate of drug-likeness (QED) is 0.468. The Balaban J connectivity index is 2.66. The van der Waals surface area contributed by atoms with E-state index in [0.717, 1.165) is 37.9 Å². The number of ether oxygens (including phenoxy) is 2. The third kappa shape index (κ3) is 5.68. The zero-order chi connectivity index (χ0) is 14.1. The molecule has 0 unspecified atom stereocenters. The van der Waals surface area contributed by atoms with Crippen molar-refractivity contribution in [2.24, 2.45) is 0 Å². The van der Waals surface area contributed by atoms with Gasteiger partial charge in [0.25, 0.3) is 5.24 Å². The Bertz CT molecular complexity index is 358. The van der Waals surface area contributed by atoms with Crippen molar-refractivity contribution >= 4 is 16.8 Å². The normalized spacial score (nSPS) is 15.2. The van der Waals surface area contributed by atoms with E-state index in [9.17, 15) is 4.79 Å². The fraction of sp³-hybridized carbons (Fsp3) is 0.667. The van der Waals surface area contributed by atoms with E-state index in [2.05, 4.69) is 13.8 Å². The van der Waals surface area contributed by atoms with E-state index in [0.29, 0.717) is 31.0 Å². The van der Waals surface area contributed by atoms with Crippen molar-refractivity contribution in [3.05, 3.63) is 23.2 Å². The van der Waals surface area contributed by atoms with E-state index in [-0.39, 0.29) is 0 Å². The maximum atomic E-state index is 11.4. The lowest BCUT2D eigenvalue weighted by atomic mass is 10.0. The van der Waals surface area contributed by atoms with Crippen LogP contribution in [0.4, 0.5) is 0 Å². The number of carbonyl (C=O) groups is 1. The van der Waals surface area contributed by atoms with Crippen molar-refractivity contribution in [1.82, 2.24) is 0 Å². The summed E-state index contributed by atoms with van der Waals surface area (Å²) < 4.78 is 11.3. The third-order valence-electron chi connectivity index (χ3n) is 2.99. The molecule has 0 heterocycles. The van der Waals surface area contributed by atoms with Crippen molar-refractivity contribution in [2.75, 3.05) is 13.2 Å². The molecule has 0 saturated heterocycles. The highest BCUT2D eigenvalue weighted by Gasteiger charge is 2.20. The molecule has 0 atom stereocenters. The minimum Gasteiger partial charge on any atom is -0.498 e. The molecule has 0 spiro atoms. The first-order valence-corrected chi connectivity index (χ1v) is 7.46. The van der Waals surface area contributed by atoms with Crippen LogP contribution in [0.15, 0.2) is 23.2 Å². The summed E-state index contributed by atoms with van der Waals surface area (Å²) >= 11 is 5.59. The van der Waals surface area contributed by atoms with Crippen LogP contribution in [-0.4, -0.2) is 18.5 Å². The van der Waals surface area contributed by atoms with Gasteiger partial charge in [-0.15, -0.1) is 0 Å². The average Bonchev–Trinajstić information content (AvgIpc) is 2.39. The summed E-state index contributed by atoms with van der Waals surface area (Å²) in [4.78, 5) is 11.4. The molecule has 0 fully saturated rings. The second-order valence-corrected chi connectivity index (χ2v) is 4.97. The number of rotatable bonds is 9. The Morgan fingerprint density at radius 3 is 2.37 bits per heavy atom. The van der Waals surface area contributed by atoms with Gasteiger partial charge in [0.05, 0.1) is 24.5 Å². The molecule has 0 amide bonds. The molecule has 3 nitrogen and oxygen atoms in total. The lowest BCUT2D eigenvalue weighted by Gasteiger charge is -2.19. The van der Waals surface area contributed by atoms with Gasteiger partial charge >= 0.3 is 0 Å². The summed E-state index contributed by atoms with van der Waals surface area (Å²) in [5.41, 5.74) is 0.570. The summed E-state index contributed by atoms with van der Waals surface area (Å²) in [7, 11) is 0. The molecule has 0 saturated carbocycles. The van der Waals surface area contributed by atoms with Gasteiger partial charge in [0.1, 0.15) is 5.76 Å².